The number of hydrogen-bond donors (Lipinski definition) is 1. The van der Waals surface area contributed by atoms with E-state index >= 15 is 0 Å². The van der Waals surface area contributed by atoms with E-state index in [4.69, 9.17) is 0 Å². The Kier molecular flexibility index (Phi) is 4.01. The first-order valence-corrected chi connectivity index (χ1v) is 6.77. The zero-order chi connectivity index (χ0) is 12.5. The highest BCUT2D eigenvalue weighted by Gasteiger charge is 2.39. The van der Waals surface area contributed by atoms with Gasteiger partial charge in [0.2, 0.25) is 0 Å². The summed E-state index contributed by atoms with van der Waals surface area (Å²) in [5, 5.41) is 3.53. The van der Waals surface area contributed by atoms with E-state index in [0.29, 0.717) is 12.5 Å². The van der Waals surface area contributed by atoms with Gasteiger partial charge in [-0.05, 0) is 50.9 Å². The molecule has 2 rings (SSSR count). The van der Waals surface area contributed by atoms with Crippen LogP contribution >= 0.6 is 0 Å². The second kappa shape index (κ2) is 5.17. The van der Waals surface area contributed by atoms with E-state index in [1.54, 1.807) is 0 Å². The van der Waals surface area contributed by atoms with Crippen LogP contribution in [-0.4, -0.2) is 18.3 Å². The zero-order valence-corrected chi connectivity index (χ0v) is 10.4. The minimum atomic E-state index is -3.99. The first-order chi connectivity index (χ1) is 7.94. The number of halogens is 3. The summed E-state index contributed by atoms with van der Waals surface area (Å²) in [5.74, 6) is 1.69. The summed E-state index contributed by atoms with van der Waals surface area (Å²) in [6.07, 6.45) is 1.51. The molecule has 0 aromatic carbocycles. The molecule has 0 spiro atoms. The summed E-state index contributed by atoms with van der Waals surface area (Å²) in [4.78, 5) is 0. The predicted octanol–water partition coefficient (Wildman–Crippen LogP) is 3.89. The molecule has 2 bridgehead atoms. The van der Waals surface area contributed by atoms with Crippen molar-refractivity contribution < 1.29 is 13.2 Å². The van der Waals surface area contributed by atoms with Gasteiger partial charge in [-0.3, -0.25) is 0 Å². The maximum Gasteiger partial charge on any atom is 0.389 e. The van der Waals surface area contributed by atoms with E-state index in [2.05, 4.69) is 5.32 Å². The number of nitrogens with one attached hydrogen (secondary N) is 1. The molecule has 1 nitrogen and oxygen atoms in total. The largest absolute Gasteiger partial charge is 0.389 e. The number of rotatable bonds is 5. The van der Waals surface area contributed by atoms with Gasteiger partial charge in [0.25, 0.3) is 0 Å². The van der Waals surface area contributed by atoms with Gasteiger partial charge in [0.15, 0.2) is 0 Å². The Hall–Kier alpha value is -0.250. The van der Waals surface area contributed by atoms with E-state index in [1.807, 2.05) is 6.92 Å². The third-order valence-electron chi connectivity index (χ3n) is 4.33. The van der Waals surface area contributed by atoms with Gasteiger partial charge in [0.1, 0.15) is 0 Å². The minimum absolute atomic E-state index is 0.224. The van der Waals surface area contributed by atoms with Crippen LogP contribution in [-0.2, 0) is 0 Å². The third-order valence-corrected chi connectivity index (χ3v) is 4.33. The van der Waals surface area contributed by atoms with Crippen molar-refractivity contribution in [3.05, 3.63) is 0 Å². The summed E-state index contributed by atoms with van der Waals surface area (Å²) in [6, 6.07) is 0.802. The van der Waals surface area contributed by atoms with Crippen LogP contribution in [0.1, 0.15) is 51.9 Å². The minimum Gasteiger partial charge on any atom is -0.311 e. The average Bonchev–Trinajstić information content (AvgIpc) is 2.76. The van der Waals surface area contributed by atoms with E-state index < -0.39 is 12.6 Å². The third kappa shape index (κ3) is 3.87. The Labute approximate surface area is 101 Å². The van der Waals surface area contributed by atoms with E-state index in [1.165, 1.54) is 25.7 Å². The summed E-state index contributed by atoms with van der Waals surface area (Å²) in [7, 11) is 0. The summed E-state index contributed by atoms with van der Waals surface area (Å²) in [5.41, 5.74) is 0. The molecular formula is C13H22F3N. The lowest BCUT2D eigenvalue weighted by Gasteiger charge is -2.27. The summed E-state index contributed by atoms with van der Waals surface area (Å²) < 4.78 is 36.0. The predicted molar refractivity (Wildman–Crippen MR) is 61.7 cm³/mol. The molecular weight excluding hydrogens is 227 g/mol. The van der Waals surface area contributed by atoms with Crippen LogP contribution in [0.15, 0.2) is 0 Å². The average molecular weight is 249 g/mol. The van der Waals surface area contributed by atoms with Crippen molar-refractivity contribution in [1.82, 2.24) is 5.32 Å². The Morgan fingerprint density at radius 2 is 2.00 bits per heavy atom. The van der Waals surface area contributed by atoms with Crippen LogP contribution in [0.5, 0.6) is 0 Å². The van der Waals surface area contributed by atoms with Crippen molar-refractivity contribution in [1.29, 1.82) is 0 Å². The molecule has 100 valence electrons. The zero-order valence-electron chi connectivity index (χ0n) is 10.4. The van der Waals surface area contributed by atoms with Gasteiger partial charge in [0, 0.05) is 18.5 Å². The normalized spacial score (nSPS) is 34.2. The first kappa shape index (κ1) is 13.2. The summed E-state index contributed by atoms with van der Waals surface area (Å²) in [6.45, 7) is 2.02. The molecule has 4 atom stereocenters. The highest BCUT2D eigenvalue weighted by Crippen LogP contribution is 2.44. The number of hydrogen-bond acceptors (Lipinski definition) is 1. The van der Waals surface area contributed by atoms with Crippen LogP contribution < -0.4 is 5.32 Å². The number of fused-ring (bicyclic) bond motifs is 2. The van der Waals surface area contributed by atoms with Crippen LogP contribution in [0, 0.1) is 11.8 Å². The van der Waals surface area contributed by atoms with Crippen molar-refractivity contribution in [2.75, 3.05) is 0 Å². The molecule has 0 aliphatic heterocycles. The quantitative estimate of drug-likeness (QED) is 0.779. The Balaban J connectivity index is 1.63. The fourth-order valence-corrected chi connectivity index (χ4v) is 3.51. The highest BCUT2D eigenvalue weighted by atomic mass is 19.4. The Morgan fingerprint density at radius 1 is 1.24 bits per heavy atom. The van der Waals surface area contributed by atoms with Crippen molar-refractivity contribution >= 4 is 0 Å². The standard InChI is InChI=1S/C13H22F3N/c1-9(3-2-6-13(14,15)16)17-12-8-10-4-5-11(12)7-10/h9-12,17H,2-8H2,1H3. The van der Waals surface area contributed by atoms with E-state index in [0.717, 1.165) is 11.8 Å². The Bertz CT molecular complexity index is 252. The second-order valence-corrected chi connectivity index (χ2v) is 5.86. The number of alkyl halides is 3. The molecule has 2 aliphatic rings. The van der Waals surface area contributed by atoms with Gasteiger partial charge < -0.3 is 5.32 Å². The van der Waals surface area contributed by atoms with Gasteiger partial charge in [0.05, 0.1) is 0 Å². The Morgan fingerprint density at radius 3 is 2.53 bits per heavy atom. The lowest BCUT2D eigenvalue weighted by Crippen LogP contribution is -2.40. The van der Waals surface area contributed by atoms with Gasteiger partial charge in [-0.25, -0.2) is 0 Å². The molecule has 2 saturated carbocycles. The van der Waals surface area contributed by atoms with Crippen LogP contribution in [0.2, 0.25) is 0 Å². The SMILES string of the molecule is CC(CCCC(F)(F)F)NC1CC2CCC1C2. The molecule has 17 heavy (non-hydrogen) atoms. The molecule has 4 unspecified atom stereocenters. The van der Waals surface area contributed by atoms with Crippen molar-refractivity contribution in [3.8, 4) is 0 Å². The first-order valence-electron chi connectivity index (χ1n) is 6.77. The lowest BCUT2D eigenvalue weighted by atomic mass is 9.94. The molecule has 4 heteroatoms. The molecule has 2 aliphatic carbocycles. The molecule has 0 saturated heterocycles. The molecule has 2 fully saturated rings. The maximum atomic E-state index is 12.0. The fraction of sp³-hybridized carbons (Fsp3) is 1.00. The molecule has 0 aromatic heterocycles. The van der Waals surface area contributed by atoms with Crippen molar-refractivity contribution in [3.63, 3.8) is 0 Å². The van der Waals surface area contributed by atoms with Gasteiger partial charge in [-0.2, -0.15) is 13.2 Å². The van der Waals surface area contributed by atoms with Crippen LogP contribution in [0.3, 0.4) is 0 Å². The topological polar surface area (TPSA) is 12.0 Å². The fourth-order valence-electron chi connectivity index (χ4n) is 3.51. The molecule has 1 N–H and O–H groups in total. The summed E-state index contributed by atoms with van der Waals surface area (Å²) >= 11 is 0. The van der Waals surface area contributed by atoms with Crippen molar-refractivity contribution in [2.24, 2.45) is 11.8 Å². The molecule has 0 amide bonds. The molecule has 0 radical (unpaired) electrons. The van der Waals surface area contributed by atoms with Gasteiger partial charge in [-0.15, -0.1) is 0 Å². The highest BCUT2D eigenvalue weighted by molar-refractivity contribution is 4.94. The van der Waals surface area contributed by atoms with Crippen LogP contribution in [0.4, 0.5) is 13.2 Å². The van der Waals surface area contributed by atoms with Crippen LogP contribution in [0.25, 0.3) is 0 Å². The van der Waals surface area contributed by atoms with Gasteiger partial charge in [-0.1, -0.05) is 6.42 Å². The van der Waals surface area contributed by atoms with E-state index in [9.17, 15) is 13.2 Å². The maximum absolute atomic E-state index is 12.0. The van der Waals surface area contributed by atoms with Gasteiger partial charge >= 0.3 is 6.18 Å². The lowest BCUT2D eigenvalue weighted by molar-refractivity contribution is -0.135. The second-order valence-electron chi connectivity index (χ2n) is 5.86. The molecule has 0 aromatic rings. The van der Waals surface area contributed by atoms with E-state index in [-0.39, 0.29) is 12.5 Å². The van der Waals surface area contributed by atoms with Crippen molar-refractivity contribution in [2.45, 2.75) is 70.1 Å². The molecule has 0 heterocycles. The monoisotopic (exact) mass is 249 g/mol. The smallest absolute Gasteiger partial charge is 0.311 e.